The van der Waals surface area contributed by atoms with E-state index in [4.69, 9.17) is 4.55 Å². The molecule has 1 aliphatic carbocycles. The van der Waals surface area contributed by atoms with Crippen LogP contribution in [0.3, 0.4) is 0 Å². The summed E-state index contributed by atoms with van der Waals surface area (Å²) in [5.41, 5.74) is 1.92. The standard InChI is InChI=1S/C12H10O3S.Na/c13-16(14,15)11-7-5-9-3-1-2-8-4-6-10(11)12(8)9;/h1-3,5,7H,4,6H2,(H,13,14,15);. The summed E-state index contributed by atoms with van der Waals surface area (Å²) in [7, 11) is -4.10. The van der Waals surface area contributed by atoms with Gasteiger partial charge in [-0.15, -0.1) is 0 Å². The molecule has 0 bridgehead atoms. The van der Waals surface area contributed by atoms with Crippen LogP contribution in [0.1, 0.15) is 11.1 Å². The van der Waals surface area contributed by atoms with E-state index in [1.165, 1.54) is 6.07 Å². The molecule has 1 aliphatic rings. The van der Waals surface area contributed by atoms with Crippen molar-refractivity contribution >= 4 is 50.4 Å². The number of hydrogen-bond donors (Lipinski definition) is 1. The van der Waals surface area contributed by atoms with Gasteiger partial charge in [0.15, 0.2) is 0 Å². The maximum atomic E-state index is 11.2. The molecule has 0 amide bonds. The summed E-state index contributed by atoms with van der Waals surface area (Å²) in [5.74, 6) is 0. The monoisotopic (exact) mass is 257 g/mol. The fourth-order valence-electron chi connectivity index (χ4n) is 2.47. The van der Waals surface area contributed by atoms with Crippen LogP contribution >= 0.6 is 0 Å². The first-order valence-electron chi connectivity index (χ1n) is 5.08. The number of benzene rings is 2. The van der Waals surface area contributed by atoms with Crippen LogP contribution in [-0.4, -0.2) is 42.5 Å². The summed E-state index contributed by atoms with van der Waals surface area (Å²) in [5, 5.41) is 2.04. The van der Waals surface area contributed by atoms with E-state index in [0.29, 0.717) is 6.42 Å². The van der Waals surface area contributed by atoms with Crippen LogP contribution in [0.4, 0.5) is 0 Å². The Bertz CT molecular complexity index is 692. The molecular formula is C12H10NaO3S. The van der Waals surface area contributed by atoms with Crippen molar-refractivity contribution in [2.75, 3.05) is 0 Å². The normalized spacial score (nSPS) is 13.7. The second-order valence-corrected chi connectivity index (χ2v) is 5.42. The van der Waals surface area contributed by atoms with Gasteiger partial charge in [0.2, 0.25) is 0 Å². The summed E-state index contributed by atoms with van der Waals surface area (Å²) in [6, 6.07) is 9.17. The predicted octanol–water partition coefficient (Wildman–Crippen LogP) is 1.80. The minimum atomic E-state index is -4.10. The largest absolute Gasteiger partial charge is 0.294 e. The first kappa shape index (κ1) is 13.1. The van der Waals surface area contributed by atoms with E-state index in [1.54, 1.807) is 6.07 Å². The van der Waals surface area contributed by atoms with Crippen molar-refractivity contribution in [3.8, 4) is 0 Å². The van der Waals surface area contributed by atoms with E-state index in [9.17, 15) is 8.42 Å². The van der Waals surface area contributed by atoms with Crippen LogP contribution < -0.4 is 0 Å². The van der Waals surface area contributed by atoms with Gasteiger partial charge in [0, 0.05) is 29.6 Å². The van der Waals surface area contributed by atoms with E-state index < -0.39 is 10.1 Å². The molecule has 3 rings (SSSR count). The topological polar surface area (TPSA) is 54.4 Å². The molecule has 1 N–H and O–H groups in total. The van der Waals surface area contributed by atoms with Crippen LogP contribution in [0, 0.1) is 0 Å². The van der Waals surface area contributed by atoms with Gasteiger partial charge >= 0.3 is 0 Å². The third kappa shape index (κ3) is 2.04. The van der Waals surface area contributed by atoms with Crippen molar-refractivity contribution in [3.63, 3.8) is 0 Å². The quantitative estimate of drug-likeness (QED) is 0.626. The minimum absolute atomic E-state index is 0. The molecule has 0 aliphatic heterocycles. The van der Waals surface area contributed by atoms with Crippen molar-refractivity contribution in [2.45, 2.75) is 17.7 Å². The molecule has 0 spiro atoms. The smallest absolute Gasteiger partial charge is 0.282 e. The predicted molar refractivity (Wildman–Crippen MR) is 66.9 cm³/mol. The van der Waals surface area contributed by atoms with Gasteiger partial charge in [0.1, 0.15) is 0 Å². The van der Waals surface area contributed by atoms with E-state index in [0.717, 1.165) is 28.3 Å². The summed E-state index contributed by atoms with van der Waals surface area (Å²) < 4.78 is 31.6. The summed E-state index contributed by atoms with van der Waals surface area (Å²) >= 11 is 0. The second-order valence-electron chi connectivity index (χ2n) is 4.03. The molecule has 1 radical (unpaired) electrons. The van der Waals surface area contributed by atoms with E-state index in [1.807, 2.05) is 18.2 Å². The van der Waals surface area contributed by atoms with E-state index in [2.05, 4.69) is 0 Å². The molecule has 0 fully saturated rings. The van der Waals surface area contributed by atoms with Crippen LogP contribution in [0.5, 0.6) is 0 Å². The number of rotatable bonds is 1. The molecule has 0 unspecified atom stereocenters. The zero-order valence-electron chi connectivity index (χ0n) is 9.47. The summed E-state index contributed by atoms with van der Waals surface area (Å²) in [6.45, 7) is 0. The summed E-state index contributed by atoms with van der Waals surface area (Å²) in [4.78, 5) is 0.0601. The molecule has 3 nitrogen and oxygen atoms in total. The van der Waals surface area contributed by atoms with Gasteiger partial charge in [-0.2, -0.15) is 8.42 Å². The summed E-state index contributed by atoms with van der Waals surface area (Å²) in [6.07, 6.45) is 1.53. The average molecular weight is 257 g/mol. The van der Waals surface area contributed by atoms with E-state index in [-0.39, 0.29) is 34.5 Å². The Labute approximate surface area is 122 Å². The van der Waals surface area contributed by atoms with Gasteiger partial charge in [-0.25, -0.2) is 0 Å². The molecule has 0 saturated heterocycles. The fourth-order valence-corrected chi connectivity index (χ4v) is 3.23. The Morgan fingerprint density at radius 3 is 2.53 bits per heavy atom. The molecule has 2 aromatic carbocycles. The Kier molecular flexibility index (Phi) is 3.36. The maximum absolute atomic E-state index is 11.2. The molecule has 0 aromatic heterocycles. The van der Waals surface area contributed by atoms with Crippen LogP contribution in [0.15, 0.2) is 35.2 Å². The number of aryl methyl sites for hydroxylation is 2. The molecule has 0 saturated carbocycles. The first-order valence-corrected chi connectivity index (χ1v) is 6.52. The van der Waals surface area contributed by atoms with Crippen molar-refractivity contribution in [3.05, 3.63) is 41.5 Å². The van der Waals surface area contributed by atoms with Crippen LogP contribution in [0.2, 0.25) is 0 Å². The molecule has 17 heavy (non-hydrogen) atoms. The van der Waals surface area contributed by atoms with Crippen molar-refractivity contribution < 1.29 is 13.0 Å². The van der Waals surface area contributed by atoms with E-state index >= 15 is 0 Å². The van der Waals surface area contributed by atoms with Gasteiger partial charge in [0.25, 0.3) is 10.1 Å². The molecule has 5 heteroatoms. The maximum Gasteiger partial charge on any atom is 0.294 e. The van der Waals surface area contributed by atoms with Crippen molar-refractivity contribution in [1.29, 1.82) is 0 Å². The third-order valence-electron chi connectivity index (χ3n) is 3.12. The number of hydrogen-bond acceptors (Lipinski definition) is 2. The van der Waals surface area contributed by atoms with Gasteiger partial charge in [-0.05, 0) is 40.8 Å². The Morgan fingerprint density at radius 1 is 1.06 bits per heavy atom. The van der Waals surface area contributed by atoms with Crippen molar-refractivity contribution in [1.82, 2.24) is 0 Å². The average Bonchev–Trinajstić information content (AvgIpc) is 2.63. The second kappa shape index (κ2) is 4.37. The van der Waals surface area contributed by atoms with Crippen LogP contribution in [0.25, 0.3) is 10.8 Å². The van der Waals surface area contributed by atoms with Gasteiger partial charge < -0.3 is 0 Å². The SMILES string of the molecule is O=S(=O)(O)c1ccc2cccc3c2c1CC3.[Na]. The van der Waals surface area contributed by atoms with Gasteiger partial charge in [-0.3, -0.25) is 4.55 Å². The fraction of sp³-hybridized carbons (Fsp3) is 0.167. The molecule has 0 heterocycles. The Hall–Kier alpha value is -0.390. The van der Waals surface area contributed by atoms with Crippen LogP contribution in [-0.2, 0) is 23.0 Å². The third-order valence-corrected chi connectivity index (χ3v) is 4.06. The zero-order chi connectivity index (χ0) is 11.3. The van der Waals surface area contributed by atoms with Gasteiger partial charge in [-0.1, -0.05) is 24.3 Å². The van der Waals surface area contributed by atoms with Crippen molar-refractivity contribution in [2.24, 2.45) is 0 Å². The Balaban J connectivity index is 0.00000108. The minimum Gasteiger partial charge on any atom is -0.282 e. The zero-order valence-corrected chi connectivity index (χ0v) is 12.3. The molecule has 83 valence electrons. The first-order chi connectivity index (χ1) is 7.57. The molecule has 0 atom stereocenters. The Morgan fingerprint density at radius 2 is 1.82 bits per heavy atom. The molecular weight excluding hydrogens is 247 g/mol. The molecule has 2 aromatic rings. The van der Waals surface area contributed by atoms with Gasteiger partial charge in [0.05, 0.1) is 4.90 Å².